The number of carbonyl (C=O) groups is 2. The van der Waals surface area contributed by atoms with E-state index in [1.165, 1.54) is 0 Å². The lowest BCUT2D eigenvalue weighted by atomic mass is 9.96. The first-order valence-electron chi connectivity index (χ1n) is 9.12. The molecular weight excluding hydrogens is 423 g/mol. The molecule has 0 radical (unpaired) electrons. The molecule has 3 aromatic carbocycles. The second kappa shape index (κ2) is 10.2. The average Bonchev–Trinajstić information content (AvgIpc) is 2.76. The summed E-state index contributed by atoms with van der Waals surface area (Å²) in [7, 11) is 0. The molecule has 2 amide bonds. The van der Waals surface area contributed by atoms with Gasteiger partial charge in [-0.05, 0) is 47.5 Å². The zero-order chi connectivity index (χ0) is 21.5. The highest BCUT2D eigenvalue weighted by Crippen LogP contribution is 2.31. The van der Waals surface area contributed by atoms with Gasteiger partial charge in [-0.1, -0.05) is 59.6 Å². The van der Waals surface area contributed by atoms with E-state index in [-0.39, 0.29) is 18.4 Å². The van der Waals surface area contributed by atoms with Crippen molar-refractivity contribution < 1.29 is 9.59 Å². The number of nitrogens with two attached hydrogens (primary N) is 1. The predicted molar refractivity (Wildman–Crippen MR) is 119 cm³/mol. The highest BCUT2D eigenvalue weighted by atomic mass is 35.5. The Morgan fingerprint density at radius 2 is 1.63 bits per heavy atom. The monoisotopic (exact) mass is 442 g/mol. The van der Waals surface area contributed by atoms with Gasteiger partial charge in [0.1, 0.15) is 0 Å². The van der Waals surface area contributed by atoms with E-state index in [0.29, 0.717) is 26.9 Å². The van der Waals surface area contributed by atoms with E-state index in [1.807, 2.05) is 30.3 Å². The number of rotatable bonds is 7. The molecule has 0 aliphatic heterocycles. The minimum absolute atomic E-state index is 0.0236. The molecular formula is C22H20Cl2N4O2. The molecule has 3 rings (SSSR count). The van der Waals surface area contributed by atoms with Crippen LogP contribution < -0.4 is 21.9 Å². The fourth-order valence-electron chi connectivity index (χ4n) is 3.01. The Morgan fingerprint density at radius 3 is 2.33 bits per heavy atom. The first-order chi connectivity index (χ1) is 14.5. The summed E-state index contributed by atoms with van der Waals surface area (Å²) < 4.78 is 0. The van der Waals surface area contributed by atoms with Gasteiger partial charge >= 0.3 is 0 Å². The van der Waals surface area contributed by atoms with Crippen molar-refractivity contribution in [2.24, 2.45) is 5.84 Å². The molecule has 0 saturated heterocycles. The summed E-state index contributed by atoms with van der Waals surface area (Å²) in [5, 5.41) is 7.05. The molecule has 1 atom stereocenters. The molecule has 0 heterocycles. The van der Waals surface area contributed by atoms with Crippen LogP contribution in [0.25, 0.3) is 0 Å². The molecule has 0 fully saturated rings. The van der Waals surface area contributed by atoms with Crippen molar-refractivity contribution >= 4 is 40.7 Å². The van der Waals surface area contributed by atoms with Crippen molar-refractivity contribution in [3.63, 3.8) is 0 Å². The largest absolute Gasteiger partial charge is 0.322 e. The first kappa shape index (κ1) is 21.8. The zero-order valence-electron chi connectivity index (χ0n) is 15.9. The van der Waals surface area contributed by atoms with Crippen molar-refractivity contribution in [1.82, 2.24) is 10.7 Å². The Labute approximate surface area is 184 Å². The Bertz CT molecular complexity index is 1040. The summed E-state index contributed by atoms with van der Waals surface area (Å²) in [6, 6.07) is 20.9. The third-order valence-electron chi connectivity index (χ3n) is 4.42. The number of carbonyl (C=O) groups excluding carboxylic acids is 2. The maximum Gasteiger partial charge on any atom is 0.255 e. The molecule has 3 aromatic rings. The van der Waals surface area contributed by atoms with Crippen molar-refractivity contribution in [2.75, 3.05) is 11.9 Å². The quantitative estimate of drug-likeness (QED) is 0.253. The summed E-state index contributed by atoms with van der Waals surface area (Å²) in [5.41, 5.74) is 4.67. The van der Waals surface area contributed by atoms with Gasteiger partial charge in [-0.3, -0.25) is 20.3 Å². The van der Waals surface area contributed by atoms with E-state index in [9.17, 15) is 9.59 Å². The second-order valence-electron chi connectivity index (χ2n) is 6.49. The molecule has 0 saturated carbocycles. The molecule has 30 heavy (non-hydrogen) atoms. The lowest BCUT2D eigenvalue weighted by Crippen LogP contribution is -2.39. The number of hydrogen-bond acceptors (Lipinski definition) is 4. The van der Waals surface area contributed by atoms with Crippen molar-refractivity contribution in [2.45, 2.75) is 6.04 Å². The Kier molecular flexibility index (Phi) is 7.43. The summed E-state index contributed by atoms with van der Waals surface area (Å²) in [5.74, 6) is 4.52. The molecule has 0 unspecified atom stereocenters. The summed E-state index contributed by atoms with van der Waals surface area (Å²) >= 11 is 12.3. The number of hydrogen-bond donors (Lipinski definition) is 4. The van der Waals surface area contributed by atoms with Crippen LogP contribution in [-0.4, -0.2) is 18.4 Å². The van der Waals surface area contributed by atoms with Crippen molar-refractivity contribution in [3.05, 3.63) is 99.5 Å². The van der Waals surface area contributed by atoms with Crippen LogP contribution in [0.2, 0.25) is 10.0 Å². The van der Waals surface area contributed by atoms with Crippen LogP contribution in [0.15, 0.2) is 72.8 Å². The van der Waals surface area contributed by atoms with Gasteiger partial charge < -0.3 is 5.32 Å². The Morgan fingerprint density at radius 1 is 0.900 bits per heavy atom. The molecule has 6 nitrogen and oxygen atoms in total. The third-order valence-corrected chi connectivity index (χ3v) is 4.89. The Balaban J connectivity index is 1.97. The van der Waals surface area contributed by atoms with E-state index in [1.54, 1.807) is 42.5 Å². The fourth-order valence-corrected chi connectivity index (χ4v) is 3.38. The maximum absolute atomic E-state index is 12.8. The van der Waals surface area contributed by atoms with Crippen LogP contribution in [0.4, 0.5) is 5.69 Å². The van der Waals surface area contributed by atoms with Gasteiger partial charge in [0.05, 0.1) is 12.6 Å². The van der Waals surface area contributed by atoms with Crippen LogP contribution in [0.5, 0.6) is 0 Å². The van der Waals surface area contributed by atoms with Crippen LogP contribution in [0.1, 0.15) is 27.5 Å². The topological polar surface area (TPSA) is 96.2 Å². The SMILES string of the molecule is NNC(=O)CN[C@@H](c1ccccc1)c1cc(Cl)ccc1NC(=O)c1cccc(Cl)c1. The molecule has 5 N–H and O–H groups in total. The van der Waals surface area contributed by atoms with E-state index >= 15 is 0 Å². The van der Waals surface area contributed by atoms with Crippen molar-refractivity contribution in [1.29, 1.82) is 0 Å². The lowest BCUT2D eigenvalue weighted by molar-refractivity contribution is -0.120. The maximum atomic E-state index is 12.8. The normalized spacial score (nSPS) is 11.6. The van der Waals surface area contributed by atoms with Gasteiger partial charge in [-0.15, -0.1) is 0 Å². The van der Waals surface area contributed by atoms with E-state index in [2.05, 4.69) is 16.1 Å². The molecule has 0 aliphatic carbocycles. The predicted octanol–water partition coefficient (Wildman–Crippen LogP) is 3.91. The summed E-state index contributed by atoms with van der Waals surface area (Å²) in [4.78, 5) is 24.5. The highest BCUT2D eigenvalue weighted by Gasteiger charge is 2.20. The number of hydrazine groups is 1. The van der Waals surface area contributed by atoms with Crippen LogP contribution in [0, 0.1) is 0 Å². The second-order valence-corrected chi connectivity index (χ2v) is 7.36. The molecule has 0 spiro atoms. The smallest absolute Gasteiger partial charge is 0.255 e. The van der Waals surface area contributed by atoms with E-state index in [0.717, 1.165) is 5.56 Å². The Hall–Kier alpha value is -2.90. The van der Waals surface area contributed by atoms with Crippen LogP contribution in [-0.2, 0) is 4.79 Å². The average molecular weight is 443 g/mol. The zero-order valence-corrected chi connectivity index (χ0v) is 17.4. The van der Waals surface area contributed by atoms with Gasteiger partial charge in [0.15, 0.2) is 0 Å². The van der Waals surface area contributed by atoms with Gasteiger partial charge in [0.2, 0.25) is 5.91 Å². The van der Waals surface area contributed by atoms with Crippen molar-refractivity contribution in [3.8, 4) is 0 Å². The number of nitrogens with one attached hydrogen (secondary N) is 3. The van der Waals surface area contributed by atoms with Crippen LogP contribution >= 0.6 is 23.2 Å². The number of halogens is 2. The minimum Gasteiger partial charge on any atom is -0.322 e. The standard InChI is InChI=1S/C22H20Cl2N4O2/c23-16-8-4-7-15(11-16)22(30)27-19-10-9-17(24)12-18(19)21(26-13-20(29)28-25)14-5-2-1-3-6-14/h1-12,21,26H,13,25H2,(H,27,30)(H,28,29)/t21-/m0/s1. The van der Waals surface area contributed by atoms with Crippen LogP contribution in [0.3, 0.4) is 0 Å². The molecule has 0 aliphatic rings. The molecule has 0 aromatic heterocycles. The number of benzene rings is 3. The number of anilines is 1. The fraction of sp³-hybridized carbons (Fsp3) is 0.0909. The highest BCUT2D eigenvalue weighted by molar-refractivity contribution is 6.31. The minimum atomic E-state index is -0.420. The molecule has 154 valence electrons. The summed E-state index contributed by atoms with van der Waals surface area (Å²) in [6.07, 6.45) is 0. The number of amides is 2. The molecule has 0 bridgehead atoms. The van der Waals surface area contributed by atoms with Gasteiger partial charge in [-0.2, -0.15) is 0 Å². The van der Waals surface area contributed by atoms with Gasteiger partial charge in [-0.25, -0.2) is 5.84 Å². The van der Waals surface area contributed by atoms with E-state index < -0.39 is 6.04 Å². The lowest BCUT2D eigenvalue weighted by Gasteiger charge is -2.23. The van der Waals surface area contributed by atoms with Gasteiger partial charge in [0, 0.05) is 21.3 Å². The van der Waals surface area contributed by atoms with Gasteiger partial charge in [0.25, 0.3) is 5.91 Å². The first-order valence-corrected chi connectivity index (χ1v) is 9.87. The third kappa shape index (κ3) is 5.58. The molecule has 8 heteroatoms. The summed E-state index contributed by atoms with van der Waals surface area (Å²) in [6.45, 7) is -0.0236. The van der Waals surface area contributed by atoms with E-state index in [4.69, 9.17) is 29.0 Å².